The Morgan fingerprint density at radius 1 is 1.32 bits per heavy atom. The van der Waals surface area contributed by atoms with Gasteiger partial charge in [-0.25, -0.2) is 0 Å². The molecule has 0 bridgehead atoms. The van der Waals surface area contributed by atoms with E-state index in [0.717, 1.165) is 0 Å². The van der Waals surface area contributed by atoms with Crippen LogP contribution in [-0.2, 0) is 9.59 Å². The van der Waals surface area contributed by atoms with Crippen LogP contribution in [0.15, 0.2) is 22.7 Å². The third-order valence-electron chi connectivity index (χ3n) is 2.95. The van der Waals surface area contributed by atoms with Gasteiger partial charge in [0.2, 0.25) is 5.91 Å². The number of nitrogens with one attached hydrogen (secondary N) is 1. The van der Waals surface area contributed by atoms with Gasteiger partial charge >= 0.3 is 5.97 Å². The molecule has 1 fully saturated rings. The highest BCUT2D eigenvalue weighted by molar-refractivity contribution is 9.10. The Hall–Kier alpha value is -1.89. The molecule has 0 aromatic heterocycles. The summed E-state index contributed by atoms with van der Waals surface area (Å²) in [5, 5.41) is 11.3. The number of primary amides is 1. The summed E-state index contributed by atoms with van der Waals surface area (Å²) in [5.74, 6) is -3.22. The number of rotatable bonds is 4. The van der Waals surface area contributed by atoms with Crippen LogP contribution in [-0.4, -0.2) is 22.9 Å². The Bertz CT molecular complexity index is 573. The first-order valence-corrected chi connectivity index (χ1v) is 6.32. The van der Waals surface area contributed by atoms with Crippen LogP contribution < -0.4 is 11.1 Å². The maximum Gasteiger partial charge on any atom is 0.307 e. The van der Waals surface area contributed by atoms with Crippen molar-refractivity contribution in [3.8, 4) is 0 Å². The van der Waals surface area contributed by atoms with Crippen molar-refractivity contribution < 1.29 is 19.5 Å². The van der Waals surface area contributed by atoms with Crippen molar-refractivity contribution in [2.75, 3.05) is 5.32 Å². The number of carboxylic acid groups (broad SMARTS) is 1. The summed E-state index contributed by atoms with van der Waals surface area (Å²) < 4.78 is 0.661. The minimum absolute atomic E-state index is 0.176. The molecule has 0 spiro atoms. The number of aliphatic carboxylic acids is 1. The fraction of sp³-hybridized carbons (Fsp3) is 0.250. The van der Waals surface area contributed by atoms with E-state index >= 15 is 0 Å². The number of nitrogens with two attached hydrogens (primary N) is 1. The average Bonchev–Trinajstić information content (AvgIpc) is 3.11. The molecule has 2 rings (SSSR count). The lowest BCUT2D eigenvalue weighted by molar-refractivity contribution is -0.139. The summed E-state index contributed by atoms with van der Waals surface area (Å²) in [7, 11) is 0. The second kappa shape index (κ2) is 5.00. The van der Waals surface area contributed by atoms with E-state index in [9.17, 15) is 14.4 Å². The molecule has 0 saturated heterocycles. The Kier molecular flexibility index (Phi) is 3.57. The molecule has 2 amide bonds. The number of benzene rings is 1. The monoisotopic (exact) mass is 326 g/mol. The summed E-state index contributed by atoms with van der Waals surface area (Å²) in [6.45, 7) is 0. The molecule has 1 aliphatic carbocycles. The molecule has 4 N–H and O–H groups in total. The van der Waals surface area contributed by atoms with Gasteiger partial charge in [0, 0.05) is 4.47 Å². The quantitative estimate of drug-likeness (QED) is 0.772. The lowest BCUT2D eigenvalue weighted by atomic mass is 10.1. The number of amides is 2. The van der Waals surface area contributed by atoms with Crippen LogP contribution in [0.3, 0.4) is 0 Å². The third-order valence-corrected chi connectivity index (χ3v) is 3.44. The standard InChI is InChI=1S/C12H11BrN2O4/c13-5-1-2-9(8(3-5)10(14)16)15-11(17)6-4-7(6)12(18)19/h1-3,6-7H,4H2,(H2,14,16)(H,15,17)(H,18,19)/t6-,7-/m1/s1. The molecule has 0 unspecified atom stereocenters. The van der Waals surface area contributed by atoms with Crippen LogP contribution in [0.25, 0.3) is 0 Å². The Morgan fingerprint density at radius 3 is 2.53 bits per heavy atom. The summed E-state index contributed by atoms with van der Waals surface area (Å²) >= 11 is 3.20. The SMILES string of the molecule is NC(=O)c1cc(Br)ccc1NC(=O)[C@@H]1C[C@H]1C(=O)O. The van der Waals surface area contributed by atoms with Crippen molar-refractivity contribution in [3.05, 3.63) is 28.2 Å². The van der Waals surface area contributed by atoms with Crippen molar-refractivity contribution in [3.63, 3.8) is 0 Å². The van der Waals surface area contributed by atoms with Crippen LogP contribution in [0.5, 0.6) is 0 Å². The second-order valence-corrected chi connectivity index (χ2v) is 5.25. The lowest BCUT2D eigenvalue weighted by Gasteiger charge is -2.09. The summed E-state index contributed by atoms with van der Waals surface area (Å²) in [6.07, 6.45) is 0.323. The van der Waals surface area contributed by atoms with Gasteiger partial charge in [0.05, 0.1) is 23.1 Å². The van der Waals surface area contributed by atoms with E-state index in [4.69, 9.17) is 10.8 Å². The van der Waals surface area contributed by atoms with Crippen LogP contribution in [0.4, 0.5) is 5.69 Å². The van der Waals surface area contributed by atoms with Gasteiger partial charge in [0.25, 0.3) is 5.91 Å². The number of carbonyl (C=O) groups is 3. The van der Waals surface area contributed by atoms with Gasteiger partial charge < -0.3 is 16.2 Å². The zero-order valence-electron chi connectivity index (χ0n) is 9.72. The normalized spacial score (nSPS) is 20.7. The molecular formula is C12H11BrN2O4. The summed E-state index contributed by atoms with van der Waals surface area (Å²) in [4.78, 5) is 33.8. The molecule has 2 atom stereocenters. The van der Waals surface area contributed by atoms with Crippen molar-refractivity contribution in [1.82, 2.24) is 0 Å². The molecule has 1 aliphatic rings. The highest BCUT2D eigenvalue weighted by atomic mass is 79.9. The fourth-order valence-electron chi connectivity index (χ4n) is 1.81. The van der Waals surface area contributed by atoms with Gasteiger partial charge in [-0.1, -0.05) is 15.9 Å². The van der Waals surface area contributed by atoms with E-state index < -0.39 is 29.6 Å². The van der Waals surface area contributed by atoms with E-state index in [0.29, 0.717) is 10.9 Å². The van der Waals surface area contributed by atoms with Crippen LogP contribution >= 0.6 is 15.9 Å². The van der Waals surface area contributed by atoms with Gasteiger partial charge in [0.1, 0.15) is 0 Å². The lowest BCUT2D eigenvalue weighted by Crippen LogP contribution is -2.20. The predicted molar refractivity (Wildman–Crippen MR) is 70.5 cm³/mol. The van der Waals surface area contributed by atoms with Crippen LogP contribution in [0.1, 0.15) is 16.8 Å². The minimum atomic E-state index is -0.980. The number of hydrogen-bond acceptors (Lipinski definition) is 3. The predicted octanol–water partition coefficient (Wildman–Crippen LogP) is 1.21. The number of carbonyl (C=O) groups excluding carboxylic acids is 2. The number of anilines is 1. The van der Waals surface area contributed by atoms with Crippen molar-refractivity contribution in [1.29, 1.82) is 0 Å². The fourth-order valence-corrected chi connectivity index (χ4v) is 2.17. The van der Waals surface area contributed by atoms with Gasteiger partial charge in [-0.3, -0.25) is 14.4 Å². The average molecular weight is 327 g/mol. The molecule has 1 aromatic carbocycles. The first-order valence-electron chi connectivity index (χ1n) is 5.53. The smallest absolute Gasteiger partial charge is 0.307 e. The van der Waals surface area contributed by atoms with Crippen molar-refractivity contribution in [2.45, 2.75) is 6.42 Å². The van der Waals surface area contributed by atoms with Gasteiger partial charge in [0.15, 0.2) is 0 Å². The molecule has 7 heteroatoms. The molecule has 1 saturated carbocycles. The molecule has 100 valence electrons. The largest absolute Gasteiger partial charge is 0.481 e. The Morgan fingerprint density at radius 2 is 2.00 bits per heavy atom. The van der Waals surface area contributed by atoms with Crippen molar-refractivity contribution in [2.24, 2.45) is 17.6 Å². The molecule has 0 heterocycles. The Balaban J connectivity index is 2.14. The topological polar surface area (TPSA) is 109 Å². The minimum Gasteiger partial charge on any atom is -0.481 e. The maximum atomic E-state index is 11.8. The highest BCUT2D eigenvalue weighted by Crippen LogP contribution is 2.39. The zero-order chi connectivity index (χ0) is 14.2. The molecule has 6 nitrogen and oxygen atoms in total. The van der Waals surface area contributed by atoms with Gasteiger partial charge in [-0.05, 0) is 24.6 Å². The van der Waals surface area contributed by atoms with E-state index in [1.54, 1.807) is 12.1 Å². The van der Waals surface area contributed by atoms with E-state index in [1.165, 1.54) is 6.07 Å². The Labute approximate surface area is 117 Å². The van der Waals surface area contributed by atoms with Gasteiger partial charge in [-0.15, -0.1) is 0 Å². The second-order valence-electron chi connectivity index (χ2n) is 4.33. The number of carboxylic acids is 1. The summed E-state index contributed by atoms with van der Waals surface area (Å²) in [5.41, 5.74) is 5.69. The third kappa shape index (κ3) is 2.93. The first-order chi connectivity index (χ1) is 8.90. The zero-order valence-corrected chi connectivity index (χ0v) is 11.3. The highest BCUT2D eigenvalue weighted by Gasteiger charge is 2.48. The van der Waals surface area contributed by atoms with E-state index in [2.05, 4.69) is 21.2 Å². The molecule has 0 radical (unpaired) electrons. The molecule has 0 aliphatic heterocycles. The van der Waals surface area contributed by atoms with Crippen LogP contribution in [0, 0.1) is 11.8 Å². The molecule has 1 aromatic rings. The summed E-state index contributed by atoms with van der Waals surface area (Å²) in [6, 6.07) is 4.70. The van der Waals surface area contributed by atoms with E-state index in [1.807, 2.05) is 0 Å². The van der Waals surface area contributed by atoms with Crippen molar-refractivity contribution >= 4 is 39.4 Å². The first kappa shape index (κ1) is 13.5. The number of hydrogen-bond donors (Lipinski definition) is 3. The maximum absolute atomic E-state index is 11.8. The number of halogens is 1. The van der Waals surface area contributed by atoms with Gasteiger partial charge in [-0.2, -0.15) is 0 Å². The molecular weight excluding hydrogens is 316 g/mol. The van der Waals surface area contributed by atoms with E-state index in [-0.39, 0.29) is 11.3 Å². The van der Waals surface area contributed by atoms with Crippen LogP contribution in [0.2, 0.25) is 0 Å². The molecule has 19 heavy (non-hydrogen) atoms.